The second-order valence-corrected chi connectivity index (χ2v) is 4.54. The van der Waals surface area contributed by atoms with Gasteiger partial charge in [-0.05, 0) is 32.4 Å². The summed E-state index contributed by atoms with van der Waals surface area (Å²) in [7, 11) is 1.66. The molecule has 2 atom stereocenters. The molecule has 1 aromatic carbocycles. The summed E-state index contributed by atoms with van der Waals surface area (Å²) in [4.78, 5) is 4.59. The molecule has 2 unspecified atom stereocenters. The Balaban J connectivity index is 2.20. The quantitative estimate of drug-likeness (QED) is 0.801. The number of aliphatic imine (C=N–C) groups is 1. The van der Waals surface area contributed by atoms with Crippen LogP contribution in [0.25, 0.3) is 0 Å². The van der Waals surface area contributed by atoms with Gasteiger partial charge in [-0.1, -0.05) is 19.1 Å². The van der Waals surface area contributed by atoms with E-state index < -0.39 is 0 Å². The molecule has 1 aliphatic rings. The van der Waals surface area contributed by atoms with Crippen LogP contribution < -0.4 is 4.74 Å². The Kier molecular flexibility index (Phi) is 3.20. The number of hydrogen-bond acceptors (Lipinski definition) is 3. The molecule has 2 rings (SSSR count). The minimum atomic E-state index is -0.218. The van der Waals surface area contributed by atoms with Gasteiger partial charge in [-0.3, -0.25) is 4.99 Å². The number of rotatable bonds is 3. The third-order valence-corrected chi connectivity index (χ3v) is 3.52. The average molecular weight is 233 g/mol. The summed E-state index contributed by atoms with van der Waals surface area (Å²) >= 11 is 0. The molecule has 0 radical (unpaired) electrons. The SMILES string of the molecule is CCC1(C)OC(c2ccc(OC)cc2)N=C1C. The second kappa shape index (κ2) is 4.49. The molecule has 0 saturated heterocycles. The van der Waals surface area contributed by atoms with Crippen LogP contribution in [0, 0.1) is 0 Å². The lowest BCUT2D eigenvalue weighted by molar-refractivity contribution is -0.0172. The maximum atomic E-state index is 6.03. The Morgan fingerprint density at radius 2 is 2.00 bits per heavy atom. The average Bonchev–Trinajstić information content (AvgIpc) is 2.67. The highest BCUT2D eigenvalue weighted by atomic mass is 16.5. The molecule has 0 aliphatic carbocycles. The van der Waals surface area contributed by atoms with E-state index in [0.717, 1.165) is 23.4 Å². The van der Waals surface area contributed by atoms with Crippen molar-refractivity contribution >= 4 is 5.71 Å². The summed E-state index contributed by atoms with van der Waals surface area (Å²) < 4.78 is 11.2. The van der Waals surface area contributed by atoms with Gasteiger partial charge in [0, 0.05) is 11.3 Å². The maximum Gasteiger partial charge on any atom is 0.175 e. The first-order chi connectivity index (χ1) is 8.09. The van der Waals surface area contributed by atoms with Crippen molar-refractivity contribution in [3.05, 3.63) is 29.8 Å². The molecule has 0 aromatic heterocycles. The van der Waals surface area contributed by atoms with Crippen LogP contribution in [0.5, 0.6) is 5.75 Å². The lowest BCUT2D eigenvalue weighted by atomic mass is 9.99. The molecular weight excluding hydrogens is 214 g/mol. The van der Waals surface area contributed by atoms with Gasteiger partial charge >= 0.3 is 0 Å². The van der Waals surface area contributed by atoms with Crippen molar-refractivity contribution in [2.75, 3.05) is 7.11 Å². The van der Waals surface area contributed by atoms with Gasteiger partial charge in [0.05, 0.1) is 7.11 Å². The highest BCUT2D eigenvalue weighted by molar-refractivity contribution is 5.91. The number of benzene rings is 1. The summed E-state index contributed by atoms with van der Waals surface area (Å²) in [6, 6.07) is 7.87. The predicted octanol–water partition coefficient (Wildman–Crippen LogP) is 3.35. The summed E-state index contributed by atoms with van der Waals surface area (Å²) in [6.07, 6.45) is 0.764. The number of nitrogens with zero attached hydrogens (tertiary/aromatic N) is 1. The molecule has 92 valence electrons. The lowest BCUT2D eigenvalue weighted by Gasteiger charge is -2.23. The molecule has 17 heavy (non-hydrogen) atoms. The monoisotopic (exact) mass is 233 g/mol. The molecule has 1 aromatic rings. The Bertz CT molecular complexity index is 424. The third kappa shape index (κ3) is 2.20. The Hall–Kier alpha value is -1.35. The topological polar surface area (TPSA) is 30.8 Å². The first-order valence-electron chi connectivity index (χ1n) is 5.95. The van der Waals surface area contributed by atoms with E-state index >= 15 is 0 Å². The Morgan fingerprint density at radius 1 is 1.35 bits per heavy atom. The van der Waals surface area contributed by atoms with Crippen molar-refractivity contribution in [2.45, 2.75) is 39.0 Å². The molecule has 0 saturated carbocycles. The molecule has 0 N–H and O–H groups in total. The smallest absolute Gasteiger partial charge is 0.175 e. The molecule has 1 aliphatic heterocycles. The second-order valence-electron chi connectivity index (χ2n) is 4.54. The van der Waals surface area contributed by atoms with Crippen LogP contribution >= 0.6 is 0 Å². The highest BCUT2D eigenvalue weighted by Crippen LogP contribution is 2.35. The van der Waals surface area contributed by atoms with Gasteiger partial charge in [-0.2, -0.15) is 0 Å². The normalized spacial score (nSPS) is 28.0. The number of ether oxygens (including phenoxy) is 2. The van der Waals surface area contributed by atoms with Crippen molar-refractivity contribution in [1.82, 2.24) is 0 Å². The molecule has 3 heteroatoms. The van der Waals surface area contributed by atoms with E-state index in [0.29, 0.717) is 0 Å². The van der Waals surface area contributed by atoms with Gasteiger partial charge in [0.25, 0.3) is 0 Å². The summed E-state index contributed by atoms with van der Waals surface area (Å²) in [6.45, 7) is 6.25. The molecule has 0 fully saturated rings. The zero-order valence-electron chi connectivity index (χ0n) is 10.9. The Morgan fingerprint density at radius 3 is 2.47 bits per heavy atom. The Labute approximate surface area is 102 Å². The van der Waals surface area contributed by atoms with E-state index in [1.807, 2.05) is 31.2 Å². The van der Waals surface area contributed by atoms with Gasteiger partial charge in [-0.25, -0.2) is 0 Å². The predicted molar refractivity (Wildman–Crippen MR) is 68.6 cm³/mol. The third-order valence-electron chi connectivity index (χ3n) is 3.52. The van der Waals surface area contributed by atoms with Crippen molar-refractivity contribution in [2.24, 2.45) is 4.99 Å². The minimum Gasteiger partial charge on any atom is -0.497 e. The summed E-state index contributed by atoms with van der Waals surface area (Å²) in [5, 5.41) is 0. The van der Waals surface area contributed by atoms with Crippen LogP contribution in [0.2, 0.25) is 0 Å². The van der Waals surface area contributed by atoms with Crippen LogP contribution in [-0.4, -0.2) is 18.4 Å². The van der Waals surface area contributed by atoms with Gasteiger partial charge in [0.1, 0.15) is 11.4 Å². The van der Waals surface area contributed by atoms with Gasteiger partial charge in [-0.15, -0.1) is 0 Å². The van der Waals surface area contributed by atoms with Crippen LogP contribution in [0.3, 0.4) is 0 Å². The summed E-state index contributed by atoms with van der Waals surface area (Å²) in [5.74, 6) is 0.853. The van der Waals surface area contributed by atoms with Crippen molar-refractivity contribution in [3.63, 3.8) is 0 Å². The minimum absolute atomic E-state index is 0.175. The number of methoxy groups -OCH3 is 1. The molecule has 0 bridgehead atoms. The standard InChI is InChI=1S/C14H19NO2/c1-5-14(3)10(2)15-13(17-14)11-6-8-12(16-4)9-7-11/h6-9,13H,5H2,1-4H3. The van der Waals surface area contributed by atoms with Crippen molar-refractivity contribution in [3.8, 4) is 5.75 Å². The van der Waals surface area contributed by atoms with E-state index in [4.69, 9.17) is 9.47 Å². The summed E-state index contributed by atoms with van der Waals surface area (Å²) in [5.41, 5.74) is 1.92. The van der Waals surface area contributed by atoms with Crippen molar-refractivity contribution in [1.29, 1.82) is 0 Å². The van der Waals surface area contributed by atoms with E-state index in [-0.39, 0.29) is 11.8 Å². The first kappa shape index (κ1) is 12.1. The lowest BCUT2D eigenvalue weighted by Crippen LogP contribution is -2.31. The van der Waals surface area contributed by atoms with E-state index in [2.05, 4.69) is 18.8 Å². The maximum absolute atomic E-state index is 6.03. The molecule has 1 heterocycles. The fourth-order valence-corrected chi connectivity index (χ4v) is 1.92. The fraction of sp³-hybridized carbons (Fsp3) is 0.500. The van der Waals surface area contributed by atoms with Crippen LogP contribution in [0.4, 0.5) is 0 Å². The van der Waals surface area contributed by atoms with Gasteiger partial charge in [0.15, 0.2) is 6.23 Å². The van der Waals surface area contributed by atoms with Crippen molar-refractivity contribution < 1.29 is 9.47 Å². The molecule has 0 spiro atoms. The van der Waals surface area contributed by atoms with Crippen LogP contribution in [0.15, 0.2) is 29.3 Å². The van der Waals surface area contributed by atoms with E-state index in [1.54, 1.807) is 7.11 Å². The van der Waals surface area contributed by atoms with Gasteiger partial charge < -0.3 is 9.47 Å². The van der Waals surface area contributed by atoms with Gasteiger partial charge in [0.2, 0.25) is 0 Å². The zero-order chi connectivity index (χ0) is 12.5. The zero-order valence-corrected chi connectivity index (χ0v) is 10.9. The molecular formula is C14H19NO2. The number of hydrogen-bond donors (Lipinski definition) is 0. The van der Waals surface area contributed by atoms with E-state index in [1.165, 1.54) is 0 Å². The van der Waals surface area contributed by atoms with Crippen LogP contribution in [-0.2, 0) is 4.74 Å². The van der Waals surface area contributed by atoms with E-state index in [9.17, 15) is 0 Å². The van der Waals surface area contributed by atoms with Crippen LogP contribution in [0.1, 0.15) is 39.0 Å². The molecule has 3 nitrogen and oxygen atoms in total. The molecule has 0 amide bonds. The highest BCUT2D eigenvalue weighted by Gasteiger charge is 2.36. The first-order valence-corrected chi connectivity index (χ1v) is 5.95. The largest absolute Gasteiger partial charge is 0.497 e. The fourth-order valence-electron chi connectivity index (χ4n) is 1.92.